The van der Waals surface area contributed by atoms with Crippen molar-refractivity contribution in [2.75, 3.05) is 21.3 Å². The van der Waals surface area contributed by atoms with E-state index in [1.807, 2.05) is 25.1 Å². The Morgan fingerprint density at radius 1 is 1.06 bits per heavy atom. The minimum Gasteiger partial charge on any atom is -0.493 e. The van der Waals surface area contributed by atoms with Gasteiger partial charge in [0.2, 0.25) is 5.75 Å². The number of carbonyl (C=O) groups excluding carboxylic acids is 1. The van der Waals surface area contributed by atoms with Gasteiger partial charge in [-0.15, -0.1) is 0 Å². The molecule has 0 fully saturated rings. The van der Waals surface area contributed by atoms with Gasteiger partial charge in [-0.1, -0.05) is 31.9 Å². The largest absolute Gasteiger partial charge is 0.493 e. The van der Waals surface area contributed by atoms with Crippen LogP contribution in [0.1, 0.15) is 55.3 Å². The number of unbranched alkanes of at least 4 members (excludes halogenated alkanes) is 2. The number of hydrogen-bond donors (Lipinski definition) is 1. The van der Waals surface area contributed by atoms with E-state index < -0.39 is 0 Å². The number of aryl methyl sites for hydroxylation is 1. The van der Waals surface area contributed by atoms with Crippen molar-refractivity contribution in [1.82, 2.24) is 14.9 Å². The highest BCUT2D eigenvalue weighted by Crippen LogP contribution is 2.38. The first kappa shape index (κ1) is 22.5. The van der Waals surface area contributed by atoms with E-state index in [1.165, 1.54) is 21.3 Å². The second kappa shape index (κ2) is 10.2. The molecule has 1 heterocycles. The van der Waals surface area contributed by atoms with Crippen molar-refractivity contribution < 1.29 is 19.0 Å². The van der Waals surface area contributed by atoms with Gasteiger partial charge in [0.15, 0.2) is 11.5 Å². The molecule has 0 unspecified atom stereocenters. The third-order valence-corrected chi connectivity index (χ3v) is 5.33. The number of benzene rings is 2. The number of methoxy groups -OCH3 is 3. The second-order valence-corrected chi connectivity index (χ2v) is 7.43. The summed E-state index contributed by atoms with van der Waals surface area (Å²) in [7, 11) is 4.59. The van der Waals surface area contributed by atoms with Crippen LogP contribution in [0.3, 0.4) is 0 Å². The number of carbonyl (C=O) groups is 1. The van der Waals surface area contributed by atoms with Crippen molar-refractivity contribution in [3.05, 3.63) is 47.8 Å². The number of hydrogen-bond acceptors (Lipinski definition) is 5. The Morgan fingerprint density at radius 2 is 1.74 bits per heavy atom. The molecule has 0 bridgehead atoms. The number of aromatic nitrogens is 2. The van der Waals surface area contributed by atoms with E-state index in [0.29, 0.717) is 22.8 Å². The molecule has 166 valence electrons. The lowest BCUT2D eigenvalue weighted by Gasteiger charge is -2.18. The molecule has 0 saturated carbocycles. The lowest BCUT2D eigenvalue weighted by Crippen LogP contribution is -2.29. The van der Waals surface area contributed by atoms with E-state index in [2.05, 4.69) is 22.9 Å². The maximum absolute atomic E-state index is 13.1. The lowest BCUT2D eigenvalue weighted by molar-refractivity contribution is 0.0937. The minimum atomic E-state index is -0.277. The van der Waals surface area contributed by atoms with Crippen molar-refractivity contribution in [2.45, 2.75) is 45.7 Å². The Morgan fingerprint density at radius 3 is 2.35 bits per heavy atom. The quantitative estimate of drug-likeness (QED) is 0.475. The number of nitrogens with one attached hydrogen (secondary N) is 1. The number of rotatable bonds is 10. The van der Waals surface area contributed by atoms with E-state index in [1.54, 1.807) is 12.1 Å². The molecule has 31 heavy (non-hydrogen) atoms. The number of ether oxygens (including phenoxy) is 3. The van der Waals surface area contributed by atoms with Crippen molar-refractivity contribution in [2.24, 2.45) is 0 Å². The first-order valence-corrected chi connectivity index (χ1v) is 10.6. The van der Waals surface area contributed by atoms with Crippen LogP contribution in [-0.4, -0.2) is 36.8 Å². The lowest BCUT2D eigenvalue weighted by atomic mass is 10.1. The normalized spacial score (nSPS) is 11.9. The summed E-state index contributed by atoms with van der Waals surface area (Å²) >= 11 is 0. The van der Waals surface area contributed by atoms with Crippen LogP contribution in [0, 0.1) is 0 Å². The standard InChI is InChI=1S/C24H31N3O4/c1-6-7-10-13-27-19-12-9-8-11-18(19)26-23(27)16(2)25-24(28)17-14-20(29-3)22(31-5)21(15-17)30-4/h8-9,11-12,14-16H,6-7,10,13H2,1-5H3,(H,25,28)/t16-/m0/s1. The summed E-state index contributed by atoms with van der Waals surface area (Å²) in [5, 5.41) is 3.07. The average molecular weight is 426 g/mol. The fourth-order valence-electron chi connectivity index (χ4n) is 3.74. The fourth-order valence-corrected chi connectivity index (χ4v) is 3.74. The van der Waals surface area contributed by atoms with Crippen LogP contribution in [0.15, 0.2) is 36.4 Å². The molecule has 3 rings (SSSR count). The zero-order chi connectivity index (χ0) is 22.4. The third kappa shape index (κ3) is 4.76. The van der Waals surface area contributed by atoms with E-state index in [0.717, 1.165) is 42.7 Å². The van der Waals surface area contributed by atoms with Crippen molar-refractivity contribution in [3.8, 4) is 17.2 Å². The SMILES string of the molecule is CCCCCn1c([C@H](C)NC(=O)c2cc(OC)c(OC)c(OC)c2)nc2ccccc21. The number of nitrogens with zero attached hydrogens (tertiary/aromatic N) is 2. The first-order valence-electron chi connectivity index (χ1n) is 10.6. The van der Waals surface area contributed by atoms with Crippen molar-refractivity contribution in [1.29, 1.82) is 0 Å². The van der Waals surface area contributed by atoms with E-state index in [9.17, 15) is 4.79 Å². The Labute approximate surface area is 183 Å². The van der Waals surface area contributed by atoms with Crippen LogP contribution >= 0.6 is 0 Å². The highest BCUT2D eigenvalue weighted by atomic mass is 16.5. The van der Waals surface area contributed by atoms with E-state index in [4.69, 9.17) is 19.2 Å². The van der Waals surface area contributed by atoms with E-state index >= 15 is 0 Å². The molecule has 1 atom stereocenters. The maximum Gasteiger partial charge on any atom is 0.252 e. The minimum absolute atomic E-state index is 0.237. The zero-order valence-corrected chi connectivity index (χ0v) is 18.9. The first-order chi connectivity index (χ1) is 15.0. The molecule has 3 aromatic rings. The van der Waals surface area contributed by atoms with Gasteiger partial charge in [-0.25, -0.2) is 4.98 Å². The van der Waals surface area contributed by atoms with Crippen LogP contribution in [0.2, 0.25) is 0 Å². The predicted octanol–water partition coefficient (Wildman–Crippen LogP) is 4.74. The third-order valence-electron chi connectivity index (χ3n) is 5.33. The summed E-state index contributed by atoms with van der Waals surface area (Å²) < 4.78 is 18.3. The Hall–Kier alpha value is -3.22. The Kier molecular flexibility index (Phi) is 7.39. The van der Waals surface area contributed by atoms with Crippen LogP contribution < -0.4 is 19.5 Å². The average Bonchev–Trinajstić information content (AvgIpc) is 3.16. The molecule has 0 saturated heterocycles. The zero-order valence-electron chi connectivity index (χ0n) is 18.9. The maximum atomic E-state index is 13.1. The van der Waals surface area contributed by atoms with Crippen LogP contribution in [0.4, 0.5) is 0 Å². The molecule has 0 radical (unpaired) electrons. The summed E-state index contributed by atoms with van der Waals surface area (Å²) in [6.07, 6.45) is 3.37. The van der Waals surface area contributed by atoms with Gasteiger partial charge in [-0.3, -0.25) is 4.79 Å². The molecular formula is C24H31N3O4. The van der Waals surface area contributed by atoms with Gasteiger partial charge >= 0.3 is 0 Å². The van der Waals surface area contributed by atoms with Gasteiger partial charge in [0.05, 0.1) is 38.4 Å². The Bertz CT molecular complexity index is 1020. The molecule has 1 amide bonds. The summed E-state index contributed by atoms with van der Waals surface area (Å²) in [5.41, 5.74) is 2.44. The topological polar surface area (TPSA) is 74.6 Å². The fraction of sp³-hybridized carbons (Fsp3) is 0.417. The summed E-state index contributed by atoms with van der Waals surface area (Å²) in [4.78, 5) is 17.9. The molecule has 7 heteroatoms. The molecular weight excluding hydrogens is 394 g/mol. The molecule has 0 aliphatic rings. The summed E-state index contributed by atoms with van der Waals surface area (Å²) in [6, 6.07) is 11.1. The molecule has 1 aromatic heterocycles. The van der Waals surface area contributed by atoms with Gasteiger partial charge in [0.25, 0.3) is 5.91 Å². The summed E-state index contributed by atoms with van der Waals surface area (Å²) in [5.74, 6) is 1.93. The van der Waals surface area contributed by atoms with Gasteiger partial charge in [-0.05, 0) is 37.6 Å². The molecule has 0 aliphatic carbocycles. The van der Waals surface area contributed by atoms with Crippen LogP contribution in [0.5, 0.6) is 17.2 Å². The number of amides is 1. The second-order valence-electron chi connectivity index (χ2n) is 7.43. The monoisotopic (exact) mass is 425 g/mol. The molecule has 0 aliphatic heterocycles. The molecule has 2 aromatic carbocycles. The van der Waals surface area contributed by atoms with Gasteiger partial charge in [-0.2, -0.15) is 0 Å². The van der Waals surface area contributed by atoms with Crippen molar-refractivity contribution >= 4 is 16.9 Å². The number of imidazole rings is 1. The van der Waals surface area contributed by atoms with Gasteiger partial charge in [0, 0.05) is 12.1 Å². The molecule has 1 N–H and O–H groups in total. The number of fused-ring (bicyclic) bond motifs is 1. The summed E-state index contributed by atoms with van der Waals surface area (Å²) in [6.45, 7) is 5.01. The van der Waals surface area contributed by atoms with E-state index in [-0.39, 0.29) is 11.9 Å². The Balaban J connectivity index is 1.89. The highest BCUT2D eigenvalue weighted by Gasteiger charge is 2.21. The molecule has 0 spiro atoms. The van der Waals surface area contributed by atoms with Gasteiger partial charge < -0.3 is 24.1 Å². The predicted molar refractivity (Wildman–Crippen MR) is 121 cm³/mol. The number of para-hydroxylation sites is 2. The van der Waals surface area contributed by atoms with Crippen LogP contribution in [-0.2, 0) is 6.54 Å². The van der Waals surface area contributed by atoms with Gasteiger partial charge in [0.1, 0.15) is 5.82 Å². The van der Waals surface area contributed by atoms with Crippen molar-refractivity contribution in [3.63, 3.8) is 0 Å². The van der Waals surface area contributed by atoms with Crippen LogP contribution in [0.25, 0.3) is 11.0 Å². The smallest absolute Gasteiger partial charge is 0.252 e. The molecule has 7 nitrogen and oxygen atoms in total. The highest BCUT2D eigenvalue weighted by molar-refractivity contribution is 5.96.